The fourth-order valence-electron chi connectivity index (χ4n) is 1.63. The molecule has 2 aromatic heterocycles. The van der Waals surface area contributed by atoms with Crippen LogP contribution < -0.4 is 0 Å². The van der Waals surface area contributed by atoms with E-state index in [1.165, 1.54) is 23.5 Å². The summed E-state index contributed by atoms with van der Waals surface area (Å²) < 4.78 is 5.53. The third-order valence-electron chi connectivity index (χ3n) is 2.47. The van der Waals surface area contributed by atoms with Crippen LogP contribution in [0, 0.1) is 6.92 Å². The zero-order valence-electron chi connectivity index (χ0n) is 9.38. The molecule has 0 aliphatic heterocycles. The first-order valence-corrected chi connectivity index (χ1v) is 6.08. The molecule has 18 heavy (non-hydrogen) atoms. The number of carbonyl (C=O) groups is 1. The number of nitrogens with zero attached hydrogens (tertiary/aromatic N) is 2. The summed E-state index contributed by atoms with van der Waals surface area (Å²) in [7, 11) is 0. The number of oxazole rings is 1. The third kappa shape index (κ3) is 1.76. The van der Waals surface area contributed by atoms with E-state index in [0.29, 0.717) is 22.7 Å². The molecule has 0 saturated carbocycles. The predicted octanol–water partition coefficient (Wildman–Crippen LogP) is 2.96. The number of rotatable bonds is 2. The lowest BCUT2D eigenvalue weighted by atomic mass is 10.2. The number of aryl methyl sites for hydroxylation is 1. The van der Waals surface area contributed by atoms with Gasteiger partial charge in [0.1, 0.15) is 11.2 Å². The summed E-state index contributed by atoms with van der Waals surface area (Å²) in [6, 6.07) is 4.60. The maximum Gasteiger partial charge on any atom is 0.335 e. The van der Waals surface area contributed by atoms with Gasteiger partial charge in [0.2, 0.25) is 5.89 Å². The van der Waals surface area contributed by atoms with E-state index >= 15 is 0 Å². The molecule has 0 atom stereocenters. The molecule has 2 heterocycles. The molecule has 0 aliphatic rings. The van der Waals surface area contributed by atoms with E-state index in [-0.39, 0.29) is 5.56 Å². The first kappa shape index (κ1) is 10.9. The topological polar surface area (TPSA) is 76.2 Å². The quantitative estimate of drug-likeness (QED) is 0.766. The van der Waals surface area contributed by atoms with Gasteiger partial charge in [-0.05, 0) is 25.1 Å². The lowest BCUT2D eigenvalue weighted by Gasteiger charge is -1.91. The fourth-order valence-corrected chi connectivity index (χ4v) is 2.22. The maximum absolute atomic E-state index is 10.9. The summed E-state index contributed by atoms with van der Waals surface area (Å²) in [5, 5.41) is 11.7. The van der Waals surface area contributed by atoms with E-state index in [1.807, 2.05) is 12.3 Å². The van der Waals surface area contributed by atoms with Crippen molar-refractivity contribution in [3.63, 3.8) is 0 Å². The number of aromatic carboxylic acids is 1. The average molecular weight is 260 g/mol. The van der Waals surface area contributed by atoms with Crippen LogP contribution in [0.5, 0.6) is 0 Å². The van der Waals surface area contributed by atoms with Crippen molar-refractivity contribution in [3.8, 4) is 11.6 Å². The lowest BCUT2D eigenvalue weighted by Crippen LogP contribution is -1.94. The van der Waals surface area contributed by atoms with Crippen molar-refractivity contribution in [2.45, 2.75) is 6.92 Å². The first-order valence-electron chi connectivity index (χ1n) is 5.20. The SMILES string of the molecule is Cc1nc(-c2nc3ccc(C(=O)O)cc3o2)cs1. The summed E-state index contributed by atoms with van der Waals surface area (Å²) in [5.74, 6) is -0.573. The number of hydrogen-bond donors (Lipinski definition) is 1. The Morgan fingerprint density at radius 2 is 2.22 bits per heavy atom. The van der Waals surface area contributed by atoms with E-state index in [1.54, 1.807) is 6.07 Å². The van der Waals surface area contributed by atoms with Gasteiger partial charge in [0, 0.05) is 5.38 Å². The Balaban J connectivity index is 2.13. The Hall–Kier alpha value is -2.21. The highest BCUT2D eigenvalue weighted by atomic mass is 32.1. The van der Waals surface area contributed by atoms with E-state index in [0.717, 1.165) is 5.01 Å². The van der Waals surface area contributed by atoms with E-state index in [9.17, 15) is 4.79 Å². The highest BCUT2D eigenvalue weighted by Crippen LogP contribution is 2.25. The maximum atomic E-state index is 10.9. The largest absolute Gasteiger partial charge is 0.478 e. The van der Waals surface area contributed by atoms with Crippen molar-refractivity contribution in [2.75, 3.05) is 0 Å². The Kier molecular flexibility index (Phi) is 2.38. The van der Waals surface area contributed by atoms with Crippen LogP contribution in [0.1, 0.15) is 15.4 Å². The molecule has 5 nitrogen and oxygen atoms in total. The van der Waals surface area contributed by atoms with Gasteiger partial charge < -0.3 is 9.52 Å². The Morgan fingerprint density at radius 3 is 2.89 bits per heavy atom. The summed E-state index contributed by atoms with van der Waals surface area (Å²) in [6.45, 7) is 1.90. The van der Waals surface area contributed by atoms with Crippen LogP contribution in [0.15, 0.2) is 28.0 Å². The van der Waals surface area contributed by atoms with Gasteiger partial charge in [-0.2, -0.15) is 0 Å². The molecule has 0 aliphatic carbocycles. The van der Waals surface area contributed by atoms with Gasteiger partial charge in [0.15, 0.2) is 5.58 Å². The summed E-state index contributed by atoms with van der Waals surface area (Å²) in [6.07, 6.45) is 0. The van der Waals surface area contributed by atoms with Crippen LogP contribution in [-0.2, 0) is 0 Å². The minimum Gasteiger partial charge on any atom is -0.478 e. The Labute approximate surface area is 106 Å². The Morgan fingerprint density at radius 1 is 1.39 bits per heavy atom. The van der Waals surface area contributed by atoms with E-state index in [4.69, 9.17) is 9.52 Å². The molecule has 0 spiro atoms. The average Bonchev–Trinajstić information content (AvgIpc) is 2.93. The van der Waals surface area contributed by atoms with Crippen molar-refractivity contribution >= 4 is 28.4 Å². The predicted molar refractivity (Wildman–Crippen MR) is 66.8 cm³/mol. The molecule has 1 N–H and O–H groups in total. The standard InChI is InChI=1S/C12H8N2O3S/c1-6-13-9(5-18-6)11-14-8-3-2-7(12(15)16)4-10(8)17-11/h2-5H,1H3,(H,15,16). The van der Waals surface area contributed by atoms with Crippen LogP contribution in [0.2, 0.25) is 0 Å². The molecule has 1 aromatic carbocycles. The second-order valence-electron chi connectivity index (χ2n) is 3.76. The zero-order chi connectivity index (χ0) is 12.7. The normalized spacial score (nSPS) is 10.9. The van der Waals surface area contributed by atoms with Gasteiger partial charge in [-0.1, -0.05) is 0 Å². The summed E-state index contributed by atoms with van der Waals surface area (Å²) in [5.41, 5.74) is 1.93. The number of thiazole rings is 1. The van der Waals surface area contributed by atoms with Crippen LogP contribution in [0.3, 0.4) is 0 Å². The monoisotopic (exact) mass is 260 g/mol. The van der Waals surface area contributed by atoms with E-state index < -0.39 is 5.97 Å². The van der Waals surface area contributed by atoms with Crippen molar-refractivity contribution in [2.24, 2.45) is 0 Å². The molecular weight excluding hydrogens is 252 g/mol. The summed E-state index contributed by atoms with van der Waals surface area (Å²) in [4.78, 5) is 19.4. The number of aromatic nitrogens is 2. The summed E-state index contributed by atoms with van der Waals surface area (Å²) >= 11 is 1.51. The molecule has 0 saturated heterocycles. The van der Waals surface area contributed by atoms with Crippen LogP contribution >= 0.6 is 11.3 Å². The highest BCUT2D eigenvalue weighted by molar-refractivity contribution is 7.09. The fraction of sp³-hybridized carbons (Fsp3) is 0.0833. The molecule has 6 heteroatoms. The van der Waals surface area contributed by atoms with Gasteiger partial charge in [-0.3, -0.25) is 0 Å². The van der Waals surface area contributed by atoms with Crippen molar-refractivity contribution < 1.29 is 14.3 Å². The minimum absolute atomic E-state index is 0.180. The second kappa shape index (κ2) is 3.92. The smallest absolute Gasteiger partial charge is 0.335 e. The number of fused-ring (bicyclic) bond motifs is 1. The van der Waals surface area contributed by atoms with Gasteiger partial charge in [0.05, 0.1) is 10.6 Å². The highest BCUT2D eigenvalue weighted by Gasteiger charge is 2.12. The number of carboxylic acid groups (broad SMARTS) is 1. The molecule has 90 valence electrons. The van der Waals surface area contributed by atoms with Crippen LogP contribution in [0.4, 0.5) is 0 Å². The molecule has 0 radical (unpaired) electrons. The second-order valence-corrected chi connectivity index (χ2v) is 4.82. The molecule has 3 aromatic rings. The van der Waals surface area contributed by atoms with Crippen LogP contribution in [0.25, 0.3) is 22.7 Å². The Bertz CT molecular complexity index is 745. The molecule has 0 unspecified atom stereocenters. The first-order chi connectivity index (χ1) is 8.63. The van der Waals surface area contributed by atoms with Gasteiger partial charge >= 0.3 is 5.97 Å². The molecule has 0 fully saturated rings. The zero-order valence-corrected chi connectivity index (χ0v) is 10.2. The number of benzene rings is 1. The van der Waals surface area contributed by atoms with Crippen molar-refractivity contribution in [3.05, 3.63) is 34.2 Å². The van der Waals surface area contributed by atoms with Crippen LogP contribution in [-0.4, -0.2) is 21.0 Å². The van der Waals surface area contributed by atoms with Gasteiger partial charge in [-0.25, -0.2) is 14.8 Å². The van der Waals surface area contributed by atoms with Gasteiger partial charge in [-0.15, -0.1) is 11.3 Å². The molecule has 0 bridgehead atoms. The number of hydrogen-bond acceptors (Lipinski definition) is 5. The van der Waals surface area contributed by atoms with E-state index in [2.05, 4.69) is 9.97 Å². The molecule has 0 amide bonds. The number of carboxylic acids is 1. The lowest BCUT2D eigenvalue weighted by molar-refractivity contribution is 0.0697. The molecule has 3 rings (SSSR count). The van der Waals surface area contributed by atoms with Crippen molar-refractivity contribution in [1.82, 2.24) is 9.97 Å². The van der Waals surface area contributed by atoms with Gasteiger partial charge in [0.25, 0.3) is 0 Å². The molecular formula is C12H8N2O3S. The van der Waals surface area contributed by atoms with Crippen molar-refractivity contribution in [1.29, 1.82) is 0 Å². The third-order valence-corrected chi connectivity index (χ3v) is 3.25. The minimum atomic E-state index is -0.987.